The summed E-state index contributed by atoms with van der Waals surface area (Å²) in [6.07, 6.45) is 5.43. The second-order valence-corrected chi connectivity index (χ2v) is 6.90. The molecule has 2 aliphatic rings. The predicted molar refractivity (Wildman–Crippen MR) is 88.3 cm³/mol. The molecule has 1 heterocycles. The Labute approximate surface area is 129 Å². The molecule has 116 valence electrons. The third kappa shape index (κ3) is 4.29. The van der Waals surface area contributed by atoms with Gasteiger partial charge in [0.1, 0.15) is 0 Å². The maximum absolute atomic E-state index is 3.64. The first kappa shape index (κ1) is 15.0. The second kappa shape index (κ2) is 6.91. The Hall–Kier alpha value is -0.900. The van der Waals surface area contributed by atoms with E-state index in [0.717, 1.165) is 25.2 Å². The highest BCUT2D eigenvalue weighted by molar-refractivity contribution is 5.27. The van der Waals surface area contributed by atoms with Crippen molar-refractivity contribution in [2.75, 3.05) is 27.2 Å². The van der Waals surface area contributed by atoms with Crippen molar-refractivity contribution < 1.29 is 0 Å². The predicted octanol–water partition coefficient (Wildman–Crippen LogP) is 2.46. The van der Waals surface area contributed by atoms with E-state index in [1.807, 2.05) is 0 Å². The lowest BCUT2D eigenvalue weighted by Gasteiger charge is -2.26. The first-order valence-electron chi connectivity index (χ1n) is 8.41. The third-order valence-electron chi connectivity index (χ3n) is 4.91. The standard InChI is InChI=1S/C18H29N3/c1-20(14-18-8-5-11-21(18)2)13-16-7-4-3-6-15(16)12-19-17-9-10-17/h3-4,6-7,17-19H,5,8-14H2,1-2H3. The number of benzene rings is 1. The van der Waals surface area contributed by atoms with Gasteiger partial charge < -0.3 is 15.1 Å². The summed E-state index contributed by atoms with van der Waals surface area (Å²) in [4.78, 5) is 5.00. The van der Waals surface area contributed by atoms with E-state index in [1.165, 1.54) is 49.9 Å². The monoisotopic (exact) mass is 287 g/mol. The Morgan fingerprint density at radius 2 is 1.95 bits per heavy atom. The van der Waals surface area contributed by atoms with Crippen molar-refractivity contribution in [2.24, 2.45) is 0 Å². The average Bonchev–Trinajstić information content (AvgIpc) is 3.22. The molecule has 2 fully saturated rings. The van der Waals surface area contributed by atoms with Crippen LogP contribution in [0.5, 0.6) is 0 Å². The smallest absolute Gasteiger partial charge is 0.0234 e. The van der Waals surface area contributed by atoms with Crippen LogP contribution >= 0.6 is 0 Å². The van der Waals surface area contributed by atoms with Gasteiger partial charge in [-0.3, -0.25) is 0 Å². The van der Waals surface area contributed by atoms with E-state index in [-0.39, 0.29) is 0 Å². The summed E-state index contributed by atoms with van der Waals surface area (Å²) in [6.45, 7) is 4.53. The van der Waals surface area contributed by atoms with Crippen molar-refractivity contribution in [3.63, 3.8) is 0 Å². The molecule has 1 aromatic carbocycles. The molecule has 3 nitrogen and oxygen atoms in total. The third-order valence-corrected chi connectivity index (χ3v) is 4.91. The molecule has 1 N–H and O–H groups in total. The van der Waals surface area contributed by atoms with Gasteiger partial charge in [0.05, 0.1) is 0 Å². The van der Waals surface area contributed by atoms with Crippen LogP contribution in [0.3, 0.4) is 0 Å². The molecule has 1 aliphatic heterocycles. The minimum absolute atomic E-state index is 0.742. The van der Waals surface area contributed by atoms with Crippen LogP contribution in [0.25, 0.3) is 0 Å². The zero-order valence-corrected chi connectivity index (χ0v) is 13.5. The molecule has 1 aromatic rings. The van der Waals surface area contributed by atoms with Crippen LogP contribution < -0.4 is 5.32 Å². The molecule has 0 radical (unpaired) electrons. The summed E-state index contributed by atoms with van der Waals surface area (Å²) in [5.41, 5.74) is 2.95. The highest BCUT2D eigenvalue weighted by Gasteiger charge is 2.23. The molecular formula is C18H29N3. The van der Waals surface area contributed by atoms with Crippen molar-refractivity contribution in [3.8, 4) is 0 Å². The maximum atomic E-state index is 3.64. The molecule has 1 saturated heterocycles. The molecule has 0 spiro atoms. The van der Waals surface area contributed by atoms with Crippen LogP contribution in [0, 0.1) is 0 Å². The number of nitrogens with zero attached hydrogens (tertiary/aromatic N) is 2. The van der Waals surface area contributed by atoms with Crippen molar-refractivity contribution in [1.82, 2.24) is 15.1 Å². The van der Waals surface area contributed by atoms with Gasteiger partial charge in [0.15, 0.2) is 0 Å². The summed E-state index contributed by atoms with van der Waals surface area (Å²) >= 11 is 0. The molecule has 0 aromatic heterocycles. The van der Waals surface area contributed by atoms with Gasteiger partial charge in [-0.25, -0.2) is 0 Å². The van der Waals surface area contributed by atoms with Gasteiger partial charge in [0, 0.05) is 31.7 Å². The molecule has 21 heavy (non-hydrogen) atoms. The molecule has 0 amide bonds. The zero-order chi connectivity index (χ0) is 14.7. The SMILES string of the molecule is CN(Cc1ccccc1CNC1CC1)CC1CCCN1C. The van der Waals surface area contributed by atoms with E-state index < -0.39 is 0 Å². The lowest BCUT2D eigenvalue weighted by molar-refractivity contribution is 0.215. The summed E-state index contributed by atoms with van der Waals surface area (Å²) < 4.78 is 0. The van der Waals surface area contributed by atoms with Crippen molar-refractivity contribution in [2.45, 2.75) is 50.9 Å². The minimum Gasteiger partial charge on any atom is -0.310 e. The minimum atomic E-state index is 0.742. The molecular weight excluding hydrogens is 258 g/mol. The normalized spacial score (nSPS) is 23.1. The van der Waals surface area contributed by atoms with Gasteiger partial charge in [-0.1, -0.05) is 24.3 Å². The number of hydrogen-bond acceptors (Lipinski definition) is 3. The fourth-order valence-electron chi connectivity index (χ4n) is 3.35. The van der Waals surface area contributed by atoms with Crippen LogP contribution in [0.1, 0.15) is 36.8 Å². The number of likely N-dealkylation sites (tertiary alicyclic amines) is 1. The van der Waals surface area contributed by atoms with Crippen LogP contribution in [-0.2, 0) is 13.1 Å². The maximum Gasteiger partial charge on any atom is 0.0234 e. The Morgan fingerprint density at radius 3 is 2.62 bits per heavy atom. The number of rotatable bonds is 7. The number of nitrogens with one attached hydrogen (secondary N) is 1. The summed E-state index contributed by atoms with van der Waals surface area (Å²) in [7, 11) is 4.52. The van der Waals surface area contributed by atoms with Gasteiger partial charge in [-0.05, 0) is 57.5 Å². The van der Waals surface area contributed by atoms with Crippen molar-refractivity contribution >= 4 is 0 Å². The fourth-order valence-corrected chi connectivity index (χ4v) is 3.35. The lowest BCUT2D eigenvalue weighted by atomic mass is 10.1. The largest absolute Gasteiger partial charge is 0.310 e. The zero-order valence-electron chi connectivity index (χ0n) is 13.5. The quantitative estimate of drug-likeness (QED) is 0.831. The summed E-state index contributed by atoms with van der Waals surface area (Å²) in [5, 5.41) is 3.64. The first-order chi connectivity index (χ1) is 10.2. The Kier molecular flexibility index (Phi) is 4.94. The van der Waals surface area contributed by atoms with E-state index in [2.05, 4.69) is 53.5 Å². The molecule has 1 atom stereocenters. The van der Waals surface area contributed by atoms with Gasteiger partial charge in [-0.2, -0.15) is 0 Å². The van der Waals surface area contributed by atoms with E-state index in [1.54, 1.807) is 0 Å². The van der Waals surface area contributed by atoms with E-state index in [9.17, 15) is 0 Å². The summed E-state index contributed by atoms with van der Waals surface area (Å²) in [5.74, 6) is 0. The van der Waals surface area contributed by atoms with Gasteiger partial charge in [0.25, 0.3) is 0 Å². The Balaban J connectivity index is 1.55. The molecule has 3 heteroatoms. The fraction of sp³-hybridized carbons (Fsp3) is 0.667. The molecule has 3 rings (SSSR count). The van der Waals surface area contributed by atoms with E-state index >= 15 is 0 Å². The van der Waals surface area contributed by atoms with Crippen LogP contribution in [-0.4, -0.2) is 49.1 Å². The molecule has 0 bridgehead atoms. The van der Waals surface area contributed by atoms with Crippen LogP contribution in [0.4, 0.5) is 0 Å². The average molecular weight is 287 g/mol. The highest BCUT2D eigenvalue weighted by Crippen LogP contribution is 2.21. The lowest BCUT2D eigenvalue weighted by Crippen LogP contribution is -2.36. The number of hydrogen-bond donors (Lipinski definition) is 1. The Bertz CT molecular complexity index is 456. The van der Waals surface area contributed by atoms with Gasteiger partial charge in [-0.15, -0.1) is 0 Å². The second-order valence-electron chi connectivity index (χ2n) is 6.90. The first-order valence-corrected chi connectivity index (χ1v) is 8.41. The van der Waals surface area contributed by atoms with E-state index in [0.29, 0.717) is 0 Å². The van der Waals surface area contributed by atoms with Crippen LogP contribution in [0.2, 0.25) is 0 Å². The number of likely N-dealkylation sites (N-methyl/N-ethyl adjacent to an activating group) is 2. The Morgan fingerprint density at radius 1 is 1.19 bits per heavy atom. The highest BCUT2D eigenvalue weighted by atomic mass is 15.2. The van der Waals surface area contributed by atoms with Crippen molar-refractivity contribution in [1.29, 1.82) is 0 Å². The summed E-state index contributed by atoms with van der Waals surface area (Å²) in [6, 6.07) is 10.4. The topological polar surface area (TPSA) is 18.5 Å². The van der Waals surface area contributed by atoms with Crippen molar-refractivity contribution in [3.05, 3.63) is 35.4 Å². The van der Waals surface area contributed by atoms with Crippen LogP contribution in [0.15, 0.2) is 24.3 Å². The molecule has 1 saturated carbocycles. The van der Waals surface area contributed by atoms with Gasteiger partial charge in [0.2, 0.25) is 0 Å². The molecule has 1 unspecified atom stereocenters. The van der Waals surface area contributed by atoms with E-state index in [4.69, 9.17) is 0 Å². The van der Waals surface area contributed by atoms with Gasteiger partial charge >= 0.3 is 0 Å². The molecule has 1 aliphatic carbocycles.